The number of ether oxygens (including phenoxy) is 3. The maximum absolute atomic E-state index is 6.08. The molecule has 23 heavy (non-hydrogen) atoms. The van der Waals surface area contributed by atoms with Crippen LogP contribution in [0.25, 0.3) is 0 Å². The predicted octanol–water partition coefficient (Wildman–Crippen LogP) is 4.09. The molecule has 120 valence electrons. The zero-order valence-electron chi connectivity index (χ0n) is 13.3. The average Bonchev–Trinajstić information content (AvgIpc) is 2.61. The van der Waals surface area contributed by atoms with Crippen LogP contribution in [0.5, 0.6) is 0 Å². The van der Waals surface area contributed by atoms with E-state index in [1.807, 2.05) is 49.4 Å². The molecule has 0 aliphatic carbocycles. The van der Waals surface area contributed by atoms with Crippen molar-refractivity contribution < 1.29 is 14.2 Å². The van der Waals surface area contributed by atoms with Gasteiger partial charge in [-0.1, -0.05) is 60.7 Å². The predicted molar refractivity (Wildman–Crippen MR) is 89.7 cm³/mol. The van der Waals surface area contributed by atoms with Crippen LogP contribution in [0.3, 0.4) is 0 Å². The van der Waals surface area contributed by atoms with E-state index in [2.05, 4.69) is 24.3 Å². The number of hydrogen-bond donors (Lipinski definition) is 0. The zero-order valence-corrected chi connectivity index (χ0v) is 13.3. The molecule has 3 rings (SSSR count). The summed E-state index contributed by atoms with van der Waals surface area (Å²) in [5, 5.41) is 0. The van der Waals surface area contributed by atoms with Gasteiger partial charge < -0.3 is 14.2 Å². The van der Waals surface area contributed by atoms with E-state index in [1.165, 1.54) is 0 Å². The van der Waals surface area contributed by atoms with E-state index >= 15 is 0 Å². The lowest BCUT2D eigenvalue weighted by Crippen LogP contribution is -2.42. The lowest BCUT2D eigenvalue weighted by molar-refractivity contribution is -0.125. The van der Waals surface area contributed by atoms with Gasteiger partial charge in [-0.2, -0.15) is 0 Å². The van der Waals surface area contributed by atoms with Crippen LogP contribution < -0.4 is 0 Å². The molecule has 0 bridgehead atoms. The van der Waals surface area contributed by atoms with Gasteiger partial charge in [-0.05, 0) is 24.1 Å². The fraction of sp³-hybridized carbons (Fsp3) is 0.300. The van der Waals surface area contributed by atoms with E-state index in [9.17, 15) is 0 Å². The van der Waals surface area contributed by atoms with Crippen molar-refractivity contribution >= 4 is 0 Å². The molecule has 2 aromatic rings. The molecule has 0 fully saturated rings. The van der Waals surface area contributed by atoms with Crippen molar-refractivity contribution in [1.82, 2.24) is 0 Å². The summed E-state index contributed by atoms with van der Waals surface area (Å²) in [5.74, 6) is 0. The molecule has 3 heteroatoms. The van der Waals surface area contributed by atoms with Gasteiger partial charge in [0.2, 0.25) is 0 Å². The van der Waals surface area contributed by atoms with Crippen LogP contribution in [0.2, 0.25) is 0 Å². The first-order valence-electron chi connectivity index (χ1n) is 7.96. The van der Waals surface area contributed by atoms with Crippen molar-refractivity contribution in [3.05, 3.63) is 84.1 Å². The smallest absolute Gasteiger partial charge is 0.124 e. The van der Waals surface area contributed by atoms with Gasteiger partial charge in [0.25, 0.3) is 0 Å². The second-order valence-corrected chi connectivity index (χ2v) is 5.69. The topological polar surface area (TPSA) is 27.7 Å². The highest BCUT2D eigenvalue weighted by atomic mass is 16.6. The molecule has 1 aliphatic rings. The Morgan fingerprint density at radius 2 is 1.39 bits per heavy atom. The van der Waals surface area contributed by atoms with E-state index < -0.39 is 0 Å². The number of rotatable bonds is 6. The van der Waals surface area contributed by atoms with Crippen molar-refractivity contribution in [3.8, 4) is 0 Å². The molecule has 0 saturated carbocycles. The molecule has 3 atom stereocenters. The first-order valence-corrected chi connectivity index (χ1v) is 7.96. The van der Waals surface area contributed by atoms with E-state index in [1.54, 1.807) is 6.26 Å². The van der Waals surface area contributed by atoms with Crippen LogP contribution in [0.1, 0.15) is 18.1 Å². The summed E-state index contributed by atoms with van der Waals surface area (Å²) in [6.45, 7) is 3.13. The number of benzene rings is 2. The molecule has 0 radical (unpaired) electrons. The van der Waals surface area contributed by atoms with Crippen molar-refractivity contribution in [2.45, 2.75) is 38.4 Å². The minimum Gasteiger partial charge on any atom is -0.496 e. The molecule has 0 saturated heterocycles. The van der Waals surface area contributed by atoms with Crippen LogP contribution in [0.4, 0.5) is 0 Å². The van der Waals surface area contributed by atoms with Crippen LogP contribution in [-0.2, 0) is 27.4 Å². The lowest BCUT2D eigenvalue weighted by atomic mass is 10.1. The fourth-order valence-corrected chi connectivity index (χ4v) is 2.61. The zero-order chi connectivity index (χ0) is 15.9. The third kappa shape index (κ3) is 4.44. The van der Waals surface area contributed by atoms with Gasteiger partial charge in [-0.15, -0.1) is 0 Å². The van der Waals surface area contributed by atoms with Crippen molar-refractivity contribution in [2.24, 2.45) is 0 Å². The summed E-state index contributed by atoms with van der Waals surface area (Å²) in [6, 6.07) is 20.3. The van der Waals surface area contributed by atoms with E-state index in [0.717, 1.165) is 11.1 Å². The van der Waals surface area contributed by atoms with Crippen LogP contribution >= 0.6 is 0 Å². The first kappa shape index (κ1) is 15.8. The Hall–Kier alpha value is -2.10. The summed E-state index contributed by atoms with van der Waals surface area (Å²) in [4.78, 5) is 0. The summed E-state index contributed by atoms with van der Waals surface area (Å²) < 4.78 is 17.7. The van der Waals surface area contributed by atoms with Gasteiger partial charge in [-0.3, -0.25) is 0 Å². The van der Waals surface area contributed by atoms with Crippen molar-refractivity contribution in [3.63, 3.8) is 0 Å². The minimum absolute atomic E-state index is 0.0375. The normalized spacial score (nSPS) is 23.4. The standard InChI is InChI=1S/C20H22O3/c1-16-20(23-15-18-10-6-3-7-11-18)19(12-13-21-16)22-14-17-8-4-2-5-9-17/h2-13,16,19-20H,14-15H2,1H3/t16-,19+,20-/m0/s1. The van der Waals surface area contributed by atoms with E-state index in [0.29, 0.717) is 13.2 Å². The van der Waals surface area contributed by atoms with Gasteiger partial charge in [0, 0.05) is 0 Å². The Labute approximate surface area is 137 Å². The summed E-state index contributed by atoms with van der Waals surface area (Å²) in [7, 11) is 0. The van der Waals surface area contributed by atoms with Gasteiger partial charge in [0.05, 0.1) is 19.5 Å². The second kappa shape index (κ2) is 7.95. The second-order valence-electron chi connectivity index (χ2n) is 5.69. The van der Waals surface area contributed by atoms with Crippen molar-refractivity contribution in [2.75, 3.05) is 0 Å². The fourth-order valence-electron chi connectivity index (χ4n) is 2.61. The summed E-state index contributed by atoms with van der Waals surface area (Å²) in [5.41, 5.74) is 2.30. The highest BCUT2D eigenvalue weighted by Crippen LogP contribution is 2.21. The molecular weight excluding hydrogens is 288 g/mol. The van der Waals surface area contributed by atoms with Crippen molar-refractivity contribution in [1.29, 1.82) is 0 Å². The first-order chi connectivity index (χ1) is 11.3. The van der Waals surface area contributed by atoms with Gasteiger partial charge in [-0.25, -0.2) is 0 Å². The summed E-state index contributed by atoms with van der Waals surface area (Å²) >= 11 is 0. The molecule has 2 aromatic carbocycles. The molecule has 0 amide bonds. The van der Waals surface area contributed by atoms with Crippen LogP contribution in [-0.4, -0.2) is 18.3 Å². The number of hydrogen-bond acceptors (Lipinski definition) is 3. The van der Waals surface area contributed by atoms with Gasteiger partial charge in [0.1, 0.15) is 18.3 Å². The Morgan fingerprint density at radius 3 is 2.00 bits per heavy atom. The molecule has 0 N–H and O–H groups in total. The highest BCUT2D eigenvalue weighted by Gasteiger charge is 2.30. The molecule has 1 heterocycles. The monoisotopic (exact) mass is 310 g/mol. The molecular formula is C20H22O3. The molecule has 1 aliphatic heterocycles. The Kier molecular flexibility index (Phi) is 5.46. The molecule has 0 unspecified atom stereocenters. The molecule has 3 nitrogen and oxygen atoms in total. The van der Waals surface area contributed by atoms with Gasteiger partial charge in [0.15, 0.2) is 0 Å². The van der Waals surface area contributed by atoms with E-state index in [4.69, 9.17) is 14.2 Å². The maximum atomic E-state index is 6.08. The highest BCUT2D eigenvalue weighted by molar-refractivity contribution is 5.15. The molecule has 0 aromatic heterocycles. The Bertz CT molecular complexity index is 609. The SMILES string of the molecule is C[C@@H]1OC=C[C@@H](OCc2ccccc2)[C@H]1OCc1ccccc1. The average molecular weight is 310 g/mol. The third-order valence-corrected chi connectivity index (χ3v) is 3.92. The molecule has 0 spiro atoms. The van der Waals surface area contributed by atoms with Crippen LogP contribution in [0, 0.1) is 0 Å². The maximum Gasteiger partial charge on any atom is 0.124 e. The minimum atomic E-state index is -0.121. The Balaban J connectivity index is 1.60. The van der Waals surface area contributed by atoms with Gasteiger partial charge >= 0.3 is 0 Å². The third-order valence-electron chi connectivity index (χ3n) is 3.92. The van der Waals surface area contributed by atoms with Crippen LogP contribution in [0.15, 0.2) is 73.0 Å². The van der Waals surface area contributed by atoms with E-state index in [-0.39, 0.29) is 18.3 Å². The largest absolute Gasteiger partial charge is 0.496 e. The quantitative estimate of drug-likeness (QED) is 0.804. The summed E-state index contributed by atoms with van der Waals surface area (Å²) in [6.07, 6.45) is 3.37. The lowest BCUT2D eigenvalue weighted by Gasteiger charge is -2.32. The Morgan fingerprint density at radius 1 is 0.826 bits per heavy atom.